The molecule has 2 saturated heterocycles. The second kappa shape index (κ2) is 8.56. The Bertz CT molecular complexity index is 747. The fourth-order valence-corrected chi connectivity index (χ4v) is 4.98. The molecule has 150 valence electrons. The predicted octanol–water partition coefficient (Wildman–Crippen LogP) is 2.65. The Hall–Kier alpha value is -1.67. The zero-order valence-corrected chi connectivity index (χ0v) is 16.4. The number of carbonyl (C=O) groups excluding carboxylic acids is 1. The van der Waals surface area contributed by atoms with Crippen molar-refractivity contribution in [3.05, 3.63) is 35.6 Å². The van der Waals surface area contributed by atoms with E-state index >= 15 is 0 Å². The van der Waals surface area contributed by atoms with E-state index in [1.165, 1.54) is 18.4 Å². The largest absolute Gasteiger partial charge is 0.376 e. The molecule has 3 rings (SSSR count). The molecule has 2 aliphatic heterocycles. The number of nitrogens with one attached hydrogen (secondary N) is 1. The maximum atomic E-state index is 13.3. The van der Waals surface area contributed by atoms with E-state index in [1.807, 2.05) is 0 Å². The van der Waals surface area contributed by atoms with Gasteiger partial charge in [0, 0.05) is 26.0 Å². The quantitative estimate of drug-likeness (QED) is 0.846. The zero-order chi connectivity index (χ0) is 19.4. The minimum Gasteiger partial charge on any atom is -0.376 e. The predicted molar refractivity (Wildman–Crippen MR) is 101 cm³/mol. The van der Waals surface area contributed by atoms with Crippen LogP contribution in [0.4, 0.5) is 9.18 Å². The summed E-state index contributed by atoms with van der Waals surface area (Å²) in [4.78, 5) is 14.5. The highest BCUT2D eigenvalue weighted by Crippen LogP contribution is 2.28. The molecule has 0 bridgehead atoms. The van der Waals surface area contributed by atoms with Crippen molar-refractivity contribution in [3.8, 4) is 0 Å². The summed E-state index contributed by atoms with van der Waals surface area (Å²) in [6.45, 7) is 1.59. The Morgan fingerprint density at radius 2 is 1.93 bits per heavy atom. The lowest BCUT2D eigenvalue weighted by Crippen LogP contribution is -2.45. The second-order valence-corrected chi connectivity index (χ2v) is 9.73. The van der Waals surface area contributed by atoms with Gasteiger partial charge >= 0.3 is 6.03 Å². The molecule has 27 heavy (non-hydrogen) atoms. The monoisotopic (exact) mass is 398 g/mol. The van der Waals surface area contributed by atoms with E-state index in [2.05, 4.69) is 5.32 Å². The number of amides is 2. The molecule has 0 aliphatic carbocycles. The highest BCUT2D eigenvalue weighted by molar-refractivity contribution is 7.91. The average molecular weight is 399 g/mol. The molecule has 2 aliphatic rings. The molecule has 6 nitrogen and oxygen atoms in total. The molecule has 1 N–H and O–H groups in total. The van der Waals surface area contributed by atoms with Crippen LogP contribution in [0.5, 0.6) is 0 Å². The third-order valence-corrected chi connectivity index (χ3v) is 7.10. The molecule has 0 saturated carbocycles. The van der Waals surface area contributed by atoms with Crippen LogP contribution < -0.4 is 5.32 Å². The average Bonchev–Trinajstić information content (AvgIpc) is 3.02. The summed E-state index contributed by atoms with van der Waals surface area (Å²) < 4.78 is 42.7. The van der Waals surface area contributed by atoms with Gasteiger partial charge < -0.3 is 15.0 Å². The van der Waals surface area contributed by atoms with Crippen molar-refractivity contribution in [2.24, 2.45) is 0 Å². The molecule has 2 fully saturated rings. The molecule has 1 aromatic rings. The summed E-state index contributed by atoms with van der Waals surface area (Å²) in [5.74, 6) is -0.324. The van der Waals surface area contributed by atoms with Crippen LogP contribution in [0.1, 0.15) is 43.7 Å². The smallest absolute Gasteiger partial charge is 0.317 e. The summed E-state index contributed by atoms with van der Waals surface area (Å²) in [6.07, 6.45) is 4.57. The molecular formula is C19H27FN2O4S. The van der Waals surface area contributed by atoms with Crippen LogP contribution in [-0.2, 0) is 14.6 Å². The van der Waals surface area contributed by atoms with Crippen LogP contribution in [0, 0.1) is 5.82 Å². The van der Waals surface area contributed by atoms with Gasteiger partial charge in [-0.05, 0) is 49.8 Å². The minimum absolute atomic E-state index is 0.143. The topological polar surface area (TPSA) is 75.7 Å². The summed E-state index contributed by atoms with van der Waals surface area (Å²) in [7, 11) is -3.10. The molecule has 0 aromatic heterocycles. The van der Waals surface area contributed by atoms with E-state index < -0.39 is 9.84 Å². The first-order valence-corrected chi connectivity index (χ1v) is 11.4. The number of halogens is 1. The Morgan fingerprint density at radius 1 is 1.19 bits per heavy atom. The van der Waals surface area contributed by atoms with Gasteiger partial charge in [-0.1, -0.05) is 12.1 Å². The standard InChI is InChI=1S/C19H27FN2O4S/c1-27(24,25)16-4-2-11-22(12-10-16)19(23)21-18(17-5-3-13-26-17)14-6-8-15(20)9-7-14/h6-9,16-18H,2-5,10-13H2,1H3,(H,21,23). The van der Waals surface area contributed by atoms with Crippen LogP contribution in [-0.4, -0.2) is 56.7 Å². The van der Waals surface area contributed by atoms with Crippen molar-refractivity contribution < 1.29 is 22.3 Å². The number of nitrogens with zero attached hydrogens (tertiary/aromatic N) is 1. The minimum atomic E-state index is -3.10. The Balaban J connectivity index is 1.69. The van der Waals surface area contributed by atoms with E-state index in [9.17, 15) is 17.6 Å². The normalized spacial score (nSPS) is 25.0. The molecule has 0 spiro atoms. The van der Waals surface area contributed by atoms with Crippen molar-refractivity contribution in [3.63, 3.8) is 0 Å². The lowest BCUT2D eigenvalue weighted by atomic mass is 9.99. The molecule has 2 heterocycles. The van der Waals surface area contributed by atoms with Gasteiger partial charge in [-0.3, -0.25) is 0 Å². The van der Waals surface area contributed by atoms with E-state index in [0.29, 0.717) is 39.0 Å². The number of rotatable bonds is 4. The number of benzene rings is 1. The summed E-state index contributed by atoms with van der Waals surface area (Å²) in [6, 6.07) is 5.52. The van der Waals surface area contributed by atoms with Crippen LogP contribution >= 0.6 is 0 Å². The number of likely N-dealkylation sites (tertiary alicyclic amines) is 1. The molecule has 1 aromatic carbocycles. The van der Waals surface area contributed by atoms with Gasteiger partial charge in [0.25, 0.3) is 0 Å². The Labute approximate surface area is 160 Å². The molecule has 3 unspecified atom stereocenters. The lowest BCUT2D eigenvalue weighted by molar-refractivity contribution is 0.0780. The summed E-state index contributed by atoms with van der Waals surface area (Å²) in [5.41, 5.74) is 0.806. The lowest BCUT2D eigenvalue weighted by Gasteiger charge is -2.29. The highest BCUT2D eigenvalue weighted by atomic mass is 32.2. The van der Waals surface area contributed by atoms with E-state index in [-0.39, 0.29) is 29.2 Å². The van der Waals surface area contributed by atoms with Gasteiger partial charge in [-0.25, -0.2) is 17.6 Å². The molecule has 3 atom stereocenters. The van der Waals surface area contributed by atoms with Gasteiger partial charge in [0.05, 0.1) is 17.4 Å². The summed E-state index contributed by atoms with van der Waals surface area (Å²) >= 11 is 0. The molecule has 8 heteroatoms. The fourth-order valence-electron chi connectivity index (χ4n) is 3.85. The van der Waals surface area contributed by atoms with Crippen molar-refractivity contribution in [1.29, 1.82) is 0 Å². The maximum absolute atomic E-state index is 13.3. The van der Waals surface area contributed by atoms with Gasteiger partial charge in [0.1, 0.15) is 15.7 Å². The maximum Gasteiger partial charge on any atom is 0.317 e. The number of hydrogen-bond donors (Lipinski definition) is 1. The van der Waals surface area contributed by atoms with Crippen molar-refractivity contribution >= 4 is 15.9 Å². The Kier molecular flexibility index (Phi) is 6.37. The number of hydrogen-bond acceptors (Lipinski definition) is 4. The number of sulfone groups is 1. The number of carbonyl (C=O) groups is 1. The van der Waals surface area contributed by atoms with E-state index in [1.54, 1.807) is 17.0 Å². The molecule has 2 amide bonds. The number of urea groups is 1. The highest BCUT2D eigenvalue weighted by Gasteiger charge is 2.32. The third kappa shape index (κ3) is 5.19. The first-order valence-electron chi connectivity index (χ1n) is 9.46. The molecular weight excluding hydrogens is 371 g/mol. The summed E-state index contributed by atoms with van der Waals surface area (Å²) in [5, 5.41) is 2.65. The van der Waals surface area contributed by atoms with E-state index in [0.717, 1.165) is 18.4 Å². The van der Waals surface area contributed by atoms with Crippen molar-refractivity contribution in [2.45, 2.75) is 49.5 Å². The second-order valence-electron chi connectivity index (χ2n) is 7.40. The fraction of sp³-hybridized carbons (Fsp3) is 0.632. The van der Waals surface area contributed by atoms with Gasteiger partial charge in [0.2, 0.25) is 0 Å². The van der Waals surface area contributed by atoms with Crippen LogP contribution in [0.3, 0.4) is 0 Å². The van der Waals surface area contributed by atoms with Crippen molar-refractivity contribution in [1.82, 2.24) is 10.2 Å². The van der Waals surface area contributed by atoms with Gasteiger partial charge in [-0.2, -0.15) is 0 Å². The van der Waals surface area contributed by atoms with Crippen LogP contribution in [0.25, 0.3) is 0 Å². The molecule has 0 radical (unpaired) electrons. The van der Waals surface area contributed by atoms with Crippen molar-refractivity contribution in [2.75, 3.05) is 26.0 Å². The first-order chi connectivity index (χ1) is 12.8. The Morgan fingerprint density at radius 3 is 2.56 bits per heavy atom. The first kappa shape index (κ1) is 20.1. The third-order valence-electron chi connectivity index (χ3n) is 5.41. The van der Waals surface area contributed by atoms with Gasteiger partial charge in [0.15, 0.2) is 0 Å². The number of ether oxygens (including phenoxy) is 1. The zero-order valence-electron chi connectivity index (χ0n) is 15.6. The SMILES string of the molecule is CS(=O)(=O)C1CCCN(C(=O)NC(c2ccc(F)cc2)C2CCCO2)CC1. The van der Waals surface area contributed by atoms with Crippen LogP contribution in [0.2, 0.25) is 0 Å². The van der Waals surface area contributed by atoms with Crippen LogP contribution in [0.15, 0.2) is 24.3 Å². The van der Waals surface area contributed by atoms with E-state index in [4.69, 9.17) is 4.74 Å². The van der Waals surface area contributed by atoms with Gasteiger partial charge in [-0.15, -0.1) is 0 Å².